The number of hydrogen-bond acceptors (Lipinski definition) is 20. The minimum Gasteiger partial charge on any atom is -0.457 e. The van der Waals surface area contributed by atoms with Crippen LogP contribution in [0.3, 0.4) is 0 Å². The first-order chi connectivity index (χ1) is 41.9. The van der Waals surface area contributed by atoms with Gasteiger partial charge in [-0.15, -0.1) is 0 Å². The lowest BCUT2D eigenvalue weighted by Gasteiger charge is -2.59. The molecular weight excluding hydrogens is 1150 g/mol. The van der Waals surface area contributed by atoms with Crippen molar-refractivity contribution in [2.45, 2.75) is 269 Å². The smallest absolute Gasteiger partial charge is 0.344 e. The molecule has 0 radical (unpaired) electrons. The lowest BCUT2D eigenvalue weighted by molar-refractivity contribution is -0.230. The maximum absolute atomic E-state index is 12.2. The van der Waals surface area contributed by atoms with E-state index in [1.54, 1.807) is 34.6 Å². The van der Waals surface area contributed by atoms with Gasteiger partial charge in [-0.05, 0) is 233 Å². The molecule has 0 spiro atoms. The molecule has 4 N–H and O–H groups in total. The number of ether oxygens (including phenoxy) is 8. The van der Waals surface area contributed by atoms with Crippen LogP contribution in [0.15, 0.2) is 0 Å². The summed E-state index contributed by atoms with van der Waals surface area (Å²) in [5.41, 5.74) is -3.67. The standard InChI is InChI=1S/C18H28O5.3C17H26O5/c1-4-17(2,3)16(21)22-10-14(19)23-18-8-11-5-12(9-18)7-13(6-11)15(18)20;1-3-11(2)15(19)21-9-14(18)22-17-7-12-4-13(8-17)6-16(20,5-12)10-17;1-3-10(2)16(20)21-9-14(18)22-17-7-11-4-12(8-17)6-13(5-11)15(17)19;1-3-10(2)16(20)21-9-14(18)22-17-6-11-4-12(7-17)15(19)13(5-11)8-17/h11-13,15,20H,4-10H2,1-3H3;11-13,20H,3-10H2,1-2H3;2*10-13,15,19H,3-9H2,1-2H3. The van der Waals surface area contributed by atoms with Crippen LogP contribution in [0.5, 0.6) is 0 Å². The van der Waals surface area contributed by atoms with Gasteiger partial charge in [0.1, 0.15) is 22.4 Å². The fraction of sp³-hybridized carbons (Fsp3) is 0.884. The molecule has 16 aliphatic carbocycles. The fourth-order valence-corrected chi connectivity index (χ4v) is 19.3. The highest BCUT2D eigenvalue weighted by molar-refractivity contribution is 5.81. The van der Waals surface area contributed by atoms with E-state index in [0.717, 1.165) is 116 Å². The topological polar surface area (TPSA) is 291 Å². The molecule has 0 heterocycles. The van der Waals surface area contributed by atoms with E-state index in [1.165, 1.54) is 12.8 Å². The highest BCUT2D eigenvalue weighted by atomic mass is 16.6. The van der Waals surface area contributed by atoms with Crippen LogP contribution < -0.4 is 0 Å². The summed E-state index contributed by atoms with van der Waals surface area (Å²) >= 11 is 0. The van der Waals surface area contributed by atoms with Crippen molar-refractivity contribution in [3.8, 4) is 0 Å². The second kappa shape index (κ2) is 27.7. The van der Waals surface area contributed by atoms with Gasteiger partial charge in [-0.2, -0.15) is 0 Å². The van der Waals surface area contributed by atoms with Crippen LogP contribution in [0.1, 0.15) is 223 Å². The largest absolute Gasteiger partial charge is 0.457 e. The SMILES string of the molecule is CCC(C)(C)C(=O)OCC(=O)OC12CC3CC(CC(C3)C1O)C2.CCC(C)C(=O)OCC(=O)OC12CC3CC(C1)C(O)C(C3)C2.CCC(C)C(=O)OCC(=O)OC12CC3CC(CC(C3)C1O)C2.CCC(C)C(=O)OCC(=O)OC12CC3CC(CC(O)(C3)C1)C2. The quantitative estimate of drug-likeness (QED) is 0.0654. The number of aliphatic hydroxyl groups excluding tert-OH is 3. The van der Waals surface area contributed by atoms with Crippen molar-refractivity contribution >= 4 is 47.8 Å². The Bertz CT molecular complexity index is 2520. The first-order valence-corrected chi connectivity index (χ1v) is 34.3. The van der Waals surface area contributed by atoms with E-state index in [0.29, 0.717) is 73.5 Å². The van der Waals surface area contributed by atoms with Crippen molar-refractivity contribution in [2.75, 3.05) is 26.4 Å². The minimum absolute atomic E-state index is 0.192. The summed E-state index contributed by atoms with van der Waals surface area (Å²) in [6, 6.07) is 0. The third-order valence-corrected chi connectivity index (χ3v) is 23.6. The van der Waals surface area contributed by atoms with E-state index >= 15 is 0 Å². The Labute approximate surface area is 526 Å². The predicted octanol–water partition coefficient (Wildman–Crippen LogP) is 8.77. The Morgan fingerprint density at radius 1 is 0.416 bits per heavy atom. The molecule has 16 bridgehead atoms. The molecule has 20 heteroatoms. The molecule has 13 atom stereocenters. The Morgan fingerprint density at radius 3 is 1.11 bits per heavy atom. The van der Waals surface area contributed by atoms with Crippen LogP contribution in [0.4, 0.5) is 0 Å². The predicted molar refractivity (Wildman–Crippen MR) is 320 cm³/mol. The van der Waals surface area contributed by atoms with Crippen molar-refractivity contribution < 1.29 is 96.7 Å². The lowest BCUT2D eigenvalue weighted by atomic mass is 9.52. The fourth-order valence-electron chi connectivity index (χ4n) is 19.3. The summed E-state index contributed by atoms with van der Waals surface area (Å²) in [4.78, 5) is 95.2. The Morgan fingerprint density at radius 2 is 0.742 bits per heavy atom. The summed E-state index contributed by atoms with van der Waals surface area (Å²) < 4.78 is 43.0. The van der Waals surface area contributed by atoms with E-state index in [4.69, 9.17) is 37.9 Å². The van der Waals surface area contributed by atoms with E-state index in [-0.39, 0.29) is 97.8 Å². The number of hydrogen-bond donors (Lipinski definition) is 4. The molecule has 16 rings (SSSR count). The molecule has 0 saturated heterocycles. The number of aliphatic hydroxyl groups is 4. The number of carbonyl (C=O) groups is 8. The molecule has 16 fully saturated rings. The summed E-state index contributed by atoms with van der Waals surface area (Å²) in [5.74, 6) is 0.731. The van der Waals surface area contributed by atoms with Crippen molar-refractivity contribution in [1.29, 1.82) is 0 Å². The van der Waals surface area contributed by atoms with E-state index in [2.05, 4.69) is 0 Å². The number of rotatable bonds is 20. The highest BCUT2D eigenvalue weighted by Gasteiger charge is 2.62. The van der Waals surface area contributed by atoms with Gasteiger partial charge in [0.15, 0.2) is 26.4 Å². The van der Waals surface area contributed by atoms with Gasteiger partial charge < -0.3 is 58.3 Å². The van der Waals surface area contributed by atoms with E-state index in [1.807, 2.05) is 27.7 Å². The molecule has 0 amide bonds. The van der Waals surface area contributed by atoms with E-state index in [9.17, 15) is 58.8 Å². The van der Waals surface area contributed by atoms with Gasteiger partial charge in [-0.25, -0.2) is 19.2 Å². The molecular formula is C69H106O20. The normalized spacial score (nSPS) is 39.8. The zero-order valence-corrected chi connectivity index (χ0v) is 54.6. The Hall–Kier alpha value is -4.40. The van der Waals surface area contributed by atoms with Gasteiger partial charge >= 0.3 is 47.8 Å². The maximum atomic E-state index is 12.2. The molecule has 20 nitrogen and oxygen atoms in total. The van der Waals surface area contributed by atoms with Gasteiger partial charge in [-0.1, -0.05) is 48.5 Å². The number of carbonyl (C=O) groups excluding carboxylic acids is 8. The molecule has 0 aromatic rings. The monoisotopic (exact) mass is 1250 g/mol. The molecule has 16 aliphatic rings. The first kappa shape index (κ1) is 69.0. The molecule has 0 aromatic heterocycles. The second-order valence-corrected chi connectivity index (χ2v) is 31.2. The van der Waals surface area contributed by atoms with Gasteiger partial charge in [0, 0.05) is 6.42 Å². The van der Waals surface area contributed by atoms with Gasteiger partial charge in [0.2, 0.25) is 0 Å². The molecule has 0 aliphatic heterocycles. The maximum Gasteiger partial charge on any atom is 0.344 e. The van der Waals surface area contributed by atoms with Crippen molar-refractivity contribution in [2.24, 2.45) is 88.3 Å². The van der Waals surface area contributed by atoms with Crippen LogP contribution >= 0.6 is 0 Å². The highest BCUT2D eigenvalue weighted by Crippen LogP contribution is 2.61. The first-order valence-electron chi connectivity index (χ1n) is 34.3. The van der Waals surface area contributed by atoms with Crippen molar-refractivity contribution in [3.05, 3.63) is 0 Å². The zero-order valence-electron chi connectivity index (χ0n) is 54.6. The van der Waals surface area contributed by atoms with Crippen LogP contribution in [-0.2, 0) is 76.3 Å². The van der Waals surface area contributed by atoms with Crippen LogP contribution in [0, 0.1) is 88.3 Å². The van der Waals surface area contributed by atoms with Gasteiger partial charge in [-0.3, -0.25) is 19.2 Å². The molecule has 89 heavy (non-hydrogen) atoms. The summed E-state index contributed by atoms with van der Waals surface area (Å²) in [7, 11) is 0. The molecule has 502 valence electrons. The summed E-state index contributed by atoms with van der Waals surface area (Å²) in [5, 5.41) is 42.0. The molecule has 16 saturated carbocycles. The van der Waals surface area contributed by atoms with Crippen molar-refractivity contribution in [1.82, 2.24) is 0 Å². The second-order valence-electron chi connectivity index (χ2n) is 31.2. The minimum atomic E-state index is -0.738. The number of esters is 8. The van der Waals surface area contributed by atoms with Crippen LogP contribution in [-0.4, -0.2) is 141 Å². The Kier molecular flexibility index (Phi) is 21.4. The molecule has 13 unspecified atom stereocenters. The summed E-state index contributed by atoms with van der Waals surface area (Å²) in [6.45, 7) is 15.2. The van der Waals surface area contributed by atoms with Crippen LogP contribution in [0.25, 0.3) is 0 Å². The third-order valence-electron chi connectivity index (χ3n) is 23.6. The van der Waals surface area contributed by atoms with Gasteiger partial charge in [0.25, 0.3) is 0 Å². The Balaban J connectivity index is 0.000000141. The van der Waals surface area contributed by atoms with Crippen LogP contribution in [0.2, 0.25) is 0 Å². The average Bonchev–Trinajstić information content (AvgIpc) is 0.789. The zero-order chi connectivity index (χ0) is 64.6. The molecule has 0 aromatic carbocycles. The van der Waals surface area contributed by atoms with E-state index < -0.39 is 69.5 Å². The third kappa shape index (κ3) is 15.8. The average molecular weight is 1260 g/mol. The van der Waals surface area contributed by atoms with Crippen molar-refractivity contribution in [3.63, 3.8) is 0 Å². The van der Waals surface area contributed by atoms with Gasteiger partial charge in [0.05, 0.1) is 47.1 Å². The summed E-state index contributed by atoms with van der Waals surface area (Å²) in [6.07, 6.45) is 20.6. The lowest BCUT2D eigenvalue weighted by Crippen LogP contribution is -2.62.